The van der Waals surface area contributed by atoms with Crippen LogP contribution in [0.2, 0.25) is 0 Å². The summed E-state index contributed by atoms with van der Waals surface area (Å²) in [6.07, 6.45) is 5.91. The van der Waals surface area contributed by atoms with Crippen LogP contribution >= 0.6 is 11.3 Å². The topological polar surface area (TPSA) is 58.1 Å². The Morgan fingerprint density at radius 2 is 2.33 bits per heavy atom. The van der Waals surface area contributed by atoms with Crippen molar-refractivity contribution in [1.29, 1.82) is 0 Å². The van der Waals surface area contributed by atoms with E-state index in [1.165, 1.54) is 4.88 Å². The van der Waals surface area contributed by atoms with Gasteiger partial charge in [-0.25, -0.2) is 4.79 Å². The summed E-state index contributed by atoms with van der Waals surface area (Å²) in [7, 11) is 1.76. The van der Waals surface area contributed by atoms with Crippen LogP contribution in [-0.4, -0.2) is 34.5 Å². The zero-order chi connectivity index (χ0) is 15.1. The highest BCUT2D eigenvalue weighted by Gasteiger charge is 2.11. The fourth-order valence-corrected chi connectivity index (χ4v) is 2.84. The minimum absolute atomic E-state index is 0.0846. The van der Waals surface area contributed by atoms with Gasteiger partial charge in [-0.05, 0) is 23.8 Å². The molecular weight excluding hydrogens is 284 g/mol. The van der Waals surface area contributed by atoms with Crippen LogP contribution in [0.25, 0.3) is 0 Å². The molecule has 112 valence electrons. The summed E-state index contributed by atoms with van der Waals surface area (Å²) in [5.74, 6) is 0.414. The van der Waals surface area contributed by atoms with Crippen molar-refractivity contribution in [1.82, 2.24) is 20.2 Å². The van der Waals surface area contributed by atoms with E-state index in [1.54, 1.807) is 41.9 Å². The van der Waals surface area contributed by atoms with Crippen LogP contribution < -0.4 is 5.32 Å². The Labute approximate surface area is 129 Å². The summed E-state index contributed by atoms with van der Waals surface area (Å²) in [5.41, 5.74) is 0.779. The van der Waals surface area contributed by atoms with E-state index in [-0.39, 0.29) is 6.03 Å². The molecule has 0 aliphatic rings. The molecule has 0 radical (unpaired) electrons. The number of aromatic nitrogens is 2. The van der Waals surface area contributed by atoms with Crippen molar-refractivity contribution in [3.63, 3.8) is 0 Å². The number of carbonyl (C=O) groups is 1. The summed E-state index contributed by atoms with van der Waals surface area (Å²) < 4.78 is 0. The van der Waals surface area contributed by atoms with Crippen LogP contribution in [0, 0.1) is 5.92 Å². The lowest BCUT2D eigenvalue weighted by atomic mass is 10.1. The first-order valence-electron chi connectivity index (χ1n) is 6.91. The normalized spacial score (nSPS) is 11.9. The minimum atomic E-state index is -0.0846. The van der Waals surface area contributed by atoms with Gasteiger partial charge in [0.1, 0.15) is 0 Å². The Bertz CT molecular complexity index is 544. The molecule has 0 aliphatic heterocycles. The van der Waals surface area contributed by atoms with E-state index in [4.69, 9.17) is 0 Å². The van der Waals surface area contributed by atoms with E-state index in [0.29, 0.717) is 19.0 Å². The highest BCUT2D eigenvalue weighted by atomic mass is 32.1. The SMILES string of the molecule is C[C@H](CNC(=O)N(C)Cc1cnccn1)Cc1cccs1. The highest BCUT2D eigenvalue weighted by molar-refractivity contribution is 7.09. The first kappa shape index (κ1) is 15.4. The van der Waals surface area contributed by atoms with Gasteiger partial charge in [-0.2, -0.15) is 0 Å². The Morgan fingerprint density at radius 3 is 3.00 bits per heavy atom. The summed E-state index contributed by atoms with van der Waals surface area (Å²) in [6, 6.07) is 4.10. The lowest BCUT2D eigenvalue weighted by Crippen LogP contribution is -2.39. The van der Waals surface area contributed by atoms with E-state index in [2.05, 4.69) is 39.7 Å². The second-order valence-corrected chi connectivity index (χ2v) is 6.16. The zero-order valence-electron chi connectivity index (χ0n) is 12.3. The van der Waals surface area contributed by atoms with Gasteiger partial charge >= 0.3 is 6.03 Å². The third-order valence-corrected chi connectivity index (χ3v) is 3.99. The molecule has 1 N–H and O–H groups in total. The molecule has 0 saturated carbocycles. The van der Waals surface area contributed by atoms with Crippen LogP contribution in [0.5, 0.6) is 0 Å². The van der Waals surface area contributed by atoms with Gasteiger partial charge in [-0.3, -0.25) is 9.97 Å². The zero-order valence-corrected chi connectivity index (χ0v) is 13.1. The summed E-state index contributed by atoms with van der Waals surface area (Å²) in [6.45, 7) is 3.27. The molecule has 2 aromatic heterocycles. The molecule has 0 aromatic carbocycles. The Hall–Kier alpha value is -1.95. The molecule has 0 saturated heterocycles. The molecule has 0 unspecified atom stereocenters. The van der Waals surface area contributed by atoms with Crippen LogP contribution in [0.1, 0.15) is 17.5 Å². The van der Waals surface area contributed by atoms with Gasteiger partial charge in [0.05, 0.1) is 18.4 Å². The van der Waals surface area contributed by atoms with Crippen molar-refractivity contribution >= 4 is 17.4 Å². The van der Waals surface area contributed by atoms with Gasteiger partial charge in [0.2, 0.25) is 0 Å². The van der Waals surface area contributed by atoms with Crippen molar-refractivity contribution < 1.29 is 4.79 Å². The molecule has 6 heteroatoms. The highest BCUT2D eigenvalue weighted by Crippen LogP contribution is 2.13. The standard InChI is InChI=1S/C15H20N4OS/c1-12(8-14-4-3-7-21-14)9-18-15(20)19(2)11-13-10-16-5-6-17-13/h3-7,10,12H,8-9,11H2,1-2H3,(H,18,20)/t12-/m0/s1. The molecule has 2 heterocycles. The smallest absolute Gasteiger partial charge is 0.317 e. The van der Waals surface area contributed by atoms with Crippen molar-refractivity contribution in [2.24, 2.45) is 5.92 Å². The van der Waals surface area contributed by atoms with Crippen molar-refractivity contribution in [3.8, 4) is 0 Å². The Morgan fingerprint density at radius 1 is 1.48 bits per heavy atom. The van der Waals surface area contributed by atoms with Crippen LogP contribution in [0.15, 0.2) is 36.1 Å². The monoisotopic (exact) mass is 304 g/mol. The average molecular weight is 304 g/mol. The fourth-order valence-electron chi connectivity index (χ4n) is 1.97. The van der Waals surface area contributed by atoms with E-state index >= 15 is 0 Å². The maximum Gasteiger partial charge on any atom is 0.317 e. The molecule has 2 amide bonds. The molecule has 0 fully saturated rings. The molecule has 2 aromatic rings. The van der Waals surface area contributed by atoms with E-state index in [0.717, 1.165) is 12.1 Å². The van der Waals surface area contributed by atoms with E-state index in [1.807, 2.05) is 0 Å². The first-order chi connectivity index (χ1) is 10.1. The van der Waals surface area contributed by atoms with Crippen molar-refractivity contribution in [2.45, 2.75) is 19.9 Å². The maximum absolute atomic E-state index is 12.0. The lowest BCUT2D eigenvalue weighted by Gasteiger charge is -2.19. The maximum atomic E-state index is 12.0. The largest absolute Gasteiger partial charge is 0.338 e. The number of amides is 2. The summed E-state index contributed by atoms with van der Waals surface area (Å²) in [5, 5.41) is 5.04. The average Bonchev–Trinajstić information content (AvgIpc) is 2.98. The van der Waals surface area contributed by atoms with Gasteiger partial charge < -0.3 is 10.2 Å². The van der Waals surface area contributed by atoms with E-state index < -0.39 is 0 Å². The number of hydrogen-bond donors (Lipinski definition) is 1. The lowest BCUT2D eigenvalue weighted by molar-refractivity contribution is 0.204. The third kappa shape index (κ3) is 5.15. The molecule has 0 aliphatic carbocycles. The van der Waals surface area contributed by atoms with Gasteiger partial charge in [-0.15, -0.1) is 11.3 Å². The number of thiophene rings is 1. The van der Waals surface area contributed by atoms with Crippen LogP contribution in [0.4, 0.5) is 4.79 Å². The quantitative estimate of drug-likeness (QED) is 0.892. The first-order valence-corrected chi connectivity index (χ1v) is 7.79. The number of nitrogens with zero attached hydrogens (tertiary/aromatic N) is 3. The van der Waals surface area contributed by atoms with Gasteiger partial charge in [0, 0.05) is 30.9 Å². The van der Waals surface area contributed by atoms with Gasteiger partial charge in [0.25, 0.3) is 0 Å². The molecule has 2 rings (SSSR count). The number of nitrogens with one attached hydrogen (secondary N) is 1. The number of urea groups is 1. The Kier molecular flexibility index (Phi) is 5.68. The molecule has 0 spiro atoms. The summed E-state index contributed by atoms with van der Waals surface area (Å²) in [4.78, 5) is 23.1. The molecule has 21 heavy (non-hydrogen) atoms. The van der Waals surface area contributed by atoms with Crippen molar-refractivity contribution in [2.75, 3.05) is 13.6 Å². The molecule has 1 atom stereocenters. The number of hydrogen-bond acceptors (Lipinski definition) is 4. The second kappa shape index (κ2) is 7.73. The van der Waals surface area contributed by atoms with E-state index in [9.17, 15) is 4.79 Å². The number of carbonyl (C=O) groups excluding carboxylic acids is 1. The van der Waals surface area contributed by atoms with Gasteiger partial charge in [-0.1, -0.05) is 13.0 Å². The van der Waals surface area contributed by atoms with Crippen LogP contribution in [0.3, 0.4) is 0 Å². The Balaban J connectivity index is 1.73. The minimum Gasteiger partial charge on any atom is -0.338 e. The van der Waals surface area contributed by atoms with Gasteiger partial charge in [0.15, 0.2) is 0 Å². The predicted molar refractivity (Wildman–Crippen MR) is 84.1 cm³/mol. The third-order valence-electron chi connectivity index (χ3n) is 3.09. The summed E-state index contributed by atoms with van der Waals surface area (Å²) >= 11 is 1.76. The number of rotatable bonds is 6. The molecule has 5 nitrogen and oxygen atoms in total. The predicted octanol–water partition coefficient (Wildman–Crippen LogP) is 2.56. The second-order valence-electron chi connectivity index (χ2n) is 5.13. The van der Waals surface area contributed by atoms with Crippen molar-refractivity contribution in [3.05, 3.63) is 46.7 Å². The molecule has 0 bridgehead atoms. The fraction of sp³-hybridized carbons (Fsp3) is 0.400. The molecular formula is C15H20N4OS. The van der Waals surface area contributed by atoms with Crippen LogP contribution in [-0.2, 0) is 13.0 Å².